The highest BCUT2D eigenvalue weighted by Gasteiger charge is 2.25. The van der Waals surface area contributed by atoms with E-state index in [2.05, 4.69) is 0 Å². The van der Waals surface area contributed by atoms with Gasteiger partial charge >= 0.3 is 12.1 Å². The zero-order chi connectivity index (χ0) is 17.7. The van der Waals surface area contributed by atoms with Crippen LogP contribution in [-0.2, 0) is 11.3 Å². The van der Waals surface area contributed by atoms with E-state index in [1.807, 2.05) is 5.32 Å². The standard InChI is InChI=1S/C15H11FN2O6/c16-10-6-11(14(19)20)13(12(7-10)18(22)23)17-15(21)24-8-9-4-2-1-3-5-9/h1-7H,8H2,(H,17,21)(H,19,20). The second-order valence-corrected chi connectivity index (χ2v) is 4.60. The number of ether oxygens (including phenoxy) is 1. The molecule has 0 bridgehead atoms. The van der Waals surface area contributed by atoms with Crippen molar-refractivity contribution in [2.24, 2.45) is 0 Å². The Morgan fingerprint density at radius 2 is 1.92 bits per heavy atom. The number of nitrogens with one attached hydrogen (secondary N) is 1. The number of nitro groups is 1. The fraction of sp³-hybridized carbons (Fsp3) is 0.0667. The molecule has 124 valence electrons. The van der Waals surface area contributed by atoms with Crippen molar-refractivity contribution in [3.05, 3.63) is 69.5 Å². The largest absolute Gasteiger partial charge is 0.478 e. The molecule has 0 saturated heterocycles. The molecule has 0 unspecified atom stereocenters. The van der Waals surface area contributed by atoms with Crippen molar-refractivity contribution < 1.29 is 28.7 Å². The van der Waals surface area contributed by atoms with Gasteiger partial charge in [-0.1, -0.05) is 30.3 Å². The minimum atomic E-state index is -1.63. The summed E-state index contributed by atoms with van der Waals surface area (Å²) in [5.41, 5.74) is -1.62. The first-order chi connectivity index (χ1) is 11.4. The van der Waals surface area contributed by atoms with Crippen LogP contribution in [0.15, 0.2) is 42.5 Å². The molecular weight excluding hydrogens is 323 g/mol. The fourth-order valence-electron chi connectivity index (χ4n) is 1.90. The first kappa shape index (κ1) is 16.9. The van der Waals surface area contributed by atoms with Gasteiger partial charge in [-0.2, -0.15) is 0 Å². The van der Waals surface area contributed by atoms with Crippen LogP contribution in [0.4, 0.5) is 20.6 Å². The van der Waals surface area contributed by atoms with Crippen LogP contribution in [0.5, 0.6) is 0 Å². The lowest BCUT2D eigenvalue weighted by Crippen LogP contribution is -2.17. The van der Waals surface area contributed by atoms with Crippen LogP contribution in [0.1, 0.15) is 15.9 Å². The average molecular weight is 334 g/mol. The summed E-state index contributed by atoms with van der Waals surface area (Å²) in [6.45, 7) is -0.121. The van der Waals surface area contributed by atoms with E-state index in [-0.39, 0.29) is 6.61 Å². The normalized spacial score (nSPS) is 10.0. The third-order valence-electron chi connectivity index (χ3n) is 2.95. The second-order valence-electron chi connectivity index (χ2n) is 4.60. The molecule has 0 aliphatic heterocycles. The van der Waals surface area contributed by atoms with Gasteiger partial charge in [-0.05, 0) is 11.6 Å². The number of aromatic carboxylic acids is 1. The maximum absolute atomic E-state index is 13.3. The maximum Gasteiger partial charge on any atom is 0.412 e. The Hall–Kier alpha value is -3.49. The number of carbonyl (C=O) groups excluding carboxylic acids is 1. The van der Waals surface area contributed by atoms with E-state index >= 15 is 0 Å². The number of halogens is 1. The molecule has 2 aromatic rings. The molecule has 2 aromatic carbocycles. The number of nitrogens with zero attached hydrogens (tertiary/aromatic N) is 1. The Morgan fingerprint density at radius 1 is 1.25 bits per heavy atom. The van der Waals surface area contributed by atoms with Gasteiger partial charge in [-0.25, -0.2) is 14.0 Å². The van der Waals surface area contributed by atoms with E-state index in [1.54, 1.807) is 30.3 Å². The molecule has 0 aromatic heterocycles. The minimum Gasteiger partial charge on any atom is -0.478 e. The summed E-state index contributed by atoms with van der Waals surface area (Å²) in [5, 5.41) is 22.0. The molecule has 0 radical (unpaired) electrons. The quantitative estimate of drug-likeness (QED) is 0.640. The summed E-state index contributed by atoms with van der Waals surface area (Å²) in [6, 6.07) is 9.69. The Bertz CT molecular complexity index is 759. The predicted molar refractivity (Wildman–Crippen MR) is 80.3 cm³/mol. The lowest BCUT2D eigenvalue weighted by molar-refractivity contribution is -0.384. The molecule has 9 heteroatoms. The van der Waals surface area contributed by atoms with Crippen LogP contribution in [0.3, 0.4) is 0 Å². The van der Waals surface area contributed by atoms with Crippen molar-refractivity contribution in [2.75, 3.05) is 5.32 Å². The Labute approximate surface area is 134 Å². The molecule has 24 heavy (non-hydrogen) atoms. The Kier molecular flexibility index (Phi) is 5.05. The van der Waals surface area contributed by atoms with Crippen molar-refractivity contribution in [2.45, 2.75) is 6.61 Å². The topological polar surface area (TPSA) is 119 Å². The van der Waals surface area contributed by atoms with Gasteiger partial charge < -0.3 is 9.84 Å². The van der Waals surface area contributed by atoms with Crippen molar-refractivity contribution in [3.8, 4) is 0 Å². The molecule has 0 aliphatic rings. The van der Waals surface area contributed by atoms with Crippen molar-refractivity contribution in [1.29, 1.82) is 0 Å². The summed E-state index contributed by atoms with van der Waals surface area (Å²) < 4.78 is 18.2. The van der Waals surface area contributed by atoms with Gasteiger partial charge in [0.15, 0.2) is 0 Å². The van der Waals surface area contributed by atoms with Gasteiger partial charge in [0.05, 0.1) is 16.6 Å². The van der Waals surface area contributed by atoms with Gasteiger partial charge in [-0.15, -0.1) is 0 Å². The van der Waals surface area contributed by atoms with Crippen LogP contribution < -0.4 is 5.32 Å². The third kappa shape index (κ3) is 4.03. The first-order valence-corrected chi connectivity index (χ1v) is 6.57. The average Bonchev–Trinajstić information content (AvgIpc) is 2.54. The highest BCUT2D eigenvalue weighted by Crippen LogP contribution is 2.30. The number of benzene rings is 2. The molecule has 0 aliphatic carbocycles. The summed E-state index contributed by atoms with van der Waals surface area (Å²) in [4.78, 5) is 32.9. The van der Waals surface area contributed by atoms with Crippen LogP contribution in [0, 0.1) is 15.9 Å². The summed E-state index contributed by atoms with van der Waals surface area (Å²) >= 11 is 0. The van der Waals surface area contributed by atoms with Crippen LogP contribution in [0.2, 0.25) is 0 Å². The van der Waals surface area contributed by atoms with Gasteiger partial charge in [-0.3, -0.25) is 15.4 Å². The van der Waals surface area contributed by atoms with Gasteiger partial charge in [0.1, 0.15) is 18.1 Å². The molecular formula is C15H11FN2O6. The maximum atomic E-state index is 13.3. The number of hydrogen-bond donors (Lipinski definition) is 2. The molecule has 0 saturated carbocycles. The van der Waals surface area contributed by atoms with Gasteiger partial charge in [0.25, 0.3) is 5.69 Å². The number of hydrogen-bond acceptors (Lipinski definition) is 5. The lowest BCUT2D eigenvalue weighted by Gasteiger charge is -2.10. The fourth-order valence-corrected chi connectivity index (χ4v) is 1.90. The number of anilines is 1. The molecule has 0 fully saturated rings. The smallest absolute Gasteiger partial charge is 0.412 e. The molecule has 0 spiro atoms. The van der Waals surface area contributed by atoms with E-state index in [0.29, 0.717) is 17.7 Å². The Morgan fingerprint density at radius 3 is 2.50 bits per heavy atom. The molecule has 0 heterocycles. The molecule has 8 nitrogen and oxygen atoms in total. The van der Waals surface area contributed by atoms with Crippen LogP contribution in [-0.4, -0.2) is 22.1 Å². The van der Waals surface area contributed by atoms with E-state index in [9.17, 15) is 24.1 Å². The minimum absolute atomic E-state index is 0.121. The number of carboxylic acid groups (broad SMARTS) is 1. The van der Waals surface area contributed by atoms with E-state index in [0.717, 1.165) is 0 Å². The molecule has 1 amide bonds. The van der Waals surface area contributed by atoms with Crippen LogP contribution in [0.25, 0.3) is 0 Å². The lowest BCUT2D eigenvalue weighted by atomic mass is 10.1. The zero-order valence-corrected chi connectivity index (χ0v) is 12.1. The van der Waals surface area contributed by atoms with Crippen LogP contribution >= 0.6 is 0 Å². The highest BCUT2D eigenvalue weighted by molar-refractivity contribution is 6.01. The summed E-state index contributed by atoms with van der Waals surface area (Å²) in [5.74, 6) is -2.74. The molecule has 0 atom stereocenters. The monoisotopic (exact) mass is 334 g/mol. The van der Waals surface area contributed by atoms with Gasteiger partial charge in [0.2, 0.25) is 0 Å². The van der Waals surface area contributed by atoms with E-state index < -0.39 is 39.7 Å². The number of rotatable bonds is 5. The van der Waals surface area contributed by atoms with Gasteiger partial charge in [0, 0.05) is 0 Å². The zero-order valence-electron chi connectivity index (χ0n) is 12.1. The number of carbonyl (C=O) groups is 2. The van der Waals surface area contributed by atoms with E-state index in [1.165, 1.54) is 0 Å². The third-order valence-corrected chi connectivity index (χ3v) is 2.95. The molecule has 2 N–H and O–H groups in total. The highest BCUT2D eigenvalue weighted by atomic mass is 19.1. The molecule has 2 rings (SSSR count). The number of carboxylic acids is 1. The number of nitro benzene ring substituents is 1. The second kappa shape index (κ2) is 7.18. The van der Waals surface area contributed by atoms with Crippen molar-refractivity contribution in [3.63, 3.8) is 0 Å². The first-order valence-electron chi connectivity index (χ1n) is 6.57. The van der Waals surface area contributed by atoms with Crippen molar-refractivity contribution >= 4 is 23.4 Å². The predicted octanol–water partition coefficient (Wildman–Crippen LogP) is 3.18. The summed E-state index contributed by atoms with van der Waals surface area (Å²) in [6.07, 6.45) is -1.10. The summed E-state index contributed by atoms with van der Waals surface area (Å²) in [7, 11) is 0. The number of amides is 1. The van der Waals surface area contributed by atoms with Crippen molar-refractivity contribution in [1.82, 2.24) is 0 Å². The Balaban J connectivity index is 2.22. The van der Waals surface area contributed by atoms with E-state index in [4.69, 9.17) is 9.84 Å². The SMILES string of the molecule is O=C(Nc1c(C(=O)O)cc(F)cc1[N+](=O)[O-])OCc1ccccc1.